The Bertz CT molecular complexity index is 573. The van der Waals surface area contributed by atoms with Gasteiger partial charge in [0, 0.05) is 33.2 Å². The van der Waals surface area contributed by atoms with Crippen molar-refractivity contribution in [3.63, 3.8) is 0 Å². The minimum absolute atomic E-state index is 0.0832. The highest BCUT2D eigenvalue weighted by Gasteiger charge is 2.27. The normalized spacial score (nSPS) is 21.5. The number of carbonyl (C=O) groups excluding carboxylic acids is 1. The lowest BCUT2D eigenvalue weighted by Crippen LogP contribution is -2.46. The Balaban J connectivity index is 1.35. The van der Waals surface area contributed by atoms with Crippen molar-refractivity contribution in [1.29, 1.82) is 0 Å². The van der Waals surface area contributed by atoms with Crippen LogP contribution in [0.5, 0.6) is 5.75 Å². The zero-order valence-corrected chi connectivity index (χ0v) is 15.3. The fourth-order valence-corrected chi connectivity index (χ4v) is 3.61. The van der Waals surface area contributed by atoms with Gasteiger partial charge in [0.25, 0.3) is 0 Å². The van der Waals surface area contributed by atoms with Crippen LogP contribution < -0.4 is 9.64 Å². The van der Waals surface area contributed by atoms with E-state index in [1.165, 1.54) is 5.69 Å². The molecule has 0 radical (unpaired) electrons. The van der Waals surface area contributed by atoms with Crippen LogP contribution >= 0.6 is 0 Å². The van der Waals surface area contributed by atoms with E-state index < -0.39 is 0 Å². The molecule has 1 aromatic carbocycles. The number of piperazine rings is 1. The Morgan fingerprint density at radius 1 is 1.16 bits per heavy atom. The van der Waals surface area contributed by atoms with Crippen molar-refractivity contribution >= 4 is 11.8 Å². The Kier molecular flexibility index (Phi) is 6.02. The number of carbonyl (C=O) groups is 1. The number of benzene rings is 1. The molecule has 0 bridgehead atoms. The average molecular weight is 347 g/mol. The molecule has 3 rings (SSSR count). The highest BCUT2D eigenvalue weighted by Crippen LogP contribution is 2.28. The molecule has 2 saturated heterocycles. The molecule has 6 heteroatoms. The van der Waals surface area contributed by atoms with Crippen molar-refractivity contribution in [3.05, 3.63) is 24.3 Å². The van der Waals surface area contributed by atoms with Crippen LogP contribution in [-0.2, 0) is 4.74 Å². The number of para-hydroxylation sites is 2. The van der Waals surface area contributed by atoms with Gasteiger partial charge >= 0.3 is 6.09 Å². The van der Waals surface area contributed by atoms with E-state index in [9.17, 15) is 4.79 Å². The summed E-state index contributed by atoms with van der Waals surface area (Å²) in [6.45, 7) is 6.09. The van der Waals surface area contributed by atoms with E-state index in [-0.39, 0.29) is 12.2 Å². The Labute approximate surface area is 150 Å². The van der Waals surface area contributed by atoms with E-state index >= 15 is 0 Å². The summed E-state index contributed by atoms with van der Waals surface area (Å²) < 4.78 is 10.8. The molecule has 2 aliphatic heterocycles. The summed E-state index contributed by atoms with van der Waals surface area (Å²) in [7, 11) is 3.53. The van der Waals surface area contributed by atoms with Crippen LogP contribution in [0.25, 0.3) is 0 Å². The van der Waals surface area contributed by atoms with Crippen LogP contribution in [0, 0.1) is 0 Å². The van der Waals surface area contributed by atoms with Gasteiger partial charge in [0.15, 0.2) is 0 Å². The van der Waals surface area contributed by atoms with Gasteiger partial charge in [-0.15, -0.1) is 0 Å². The highest BCUT2D eigenvalue weighted by atomic mass is 16.6. The highest BCUT2D eigenvalue weighted by molar-refractivity contribution is 5.69. The first kappa shape index (κ1) is 17.9. The molecule has 2 heterocycles. The molecule has 0 aromatic heterocycles. The molecule has 6 nitrogen and oxygen atoms in total. The SMILES string of the molecule is COc1ccccc1N1CCN(CCCCC2CN(C)C(=O)O2)CC1. The van der Waals surface area contributed by atoms with Crippen molar-refractivity contribution in [3.8, 4) is 5.75 Å². The van der Waals surface area contributed by atoms with Gasteiger partial charge < -0.3 is 19.3 Å². The zero-order valence-electron chi connectivity index (χ0n) is 15.3. The molecule has 138 valence electrons. The van der Waals surface area contributed by atoms with Crippen molar-refractivity contribution in [2.24, 2.45) is 0 Å². The average Bonchev–Trinajstić information content (AvgIpc) is 2.97. The third kappa shape index (κ3) is 4.57. The van der Waals surface area contributed by atoms with E-state index in [2.05, 4.69) is 21.9 Å². The van der Waals surface area contributed by atoms with Gasteiger partial charge in [0.1, 0.15) is 11.9 Å². The number of nitrogens with zero attached hydrogens (tertiary/aromatic N) is 3. The first-order chi connectivity index (χ1) is 12.2. The standard InChI is InChI=1S/C19H29N3O3/c1-20-15-16(25-19(20)23)7-5-6-10-21-11-13-22(14-12-21)17-8-3-4-9-18(17)24-2/h3-4,8-9,16H,5-7,10-15H2,1-2H3. The van der Waals surface area contributed by atoms with E-state index in [1.807, 2.05) is 12.1 Å². The van der Waals surface area contributed by atoms with Crippen molar-refractivity contribution in [1.82, 2.24) is 9.80 Å². The summed E-state index contributed by atoms with van der Waals surface area (Å²) >= 11 is 0. The first-order valence-electron chi connectivity index (χ1n) is 9.19. The maximum absolute atomic E-state index is 11.3. The monoisotopic (exact) mass is 347 g/mol. The molecule has 2 aliphatic rings. The fraction of sp³-hybridized carbons (Fsp3) is 0.632. The van der Waals surface area contributed by atoms with E-state index in [0.717, 1.165) is 64.3 Å². The summed E-state index contributed by atoms with van der Waals surface area (Å²) in [4.78, 5) is 17.9. The summed E-state index contributed by atoms with van der Waals surface area (Å²) in [5.41, 5.74) is 1.19. The number of cyclic esters (lactones) is 1. The van der Waals surface area contributed by atoms with Gasteiger partial charge in [0.05, 0.1) is 19.3 Å². The maximum atomic E-state index is 11.3. The number of anilines is 1. The summed E-state index contributed by atoms with van der Waals surface area (Å²) in [6, 6.07) is 8.23. The molecule has 1 amide bonds. The van der Waals surface area contributed by atoms with Crippen LogP contribution in [-0.4, -0.2) is 75.4 Å². The number of hydrogen-bond acceptors (Lipinski definition) is 5. The molecule has 1 unspecified atom stereocenters. The Morgan fingerprint density at radius 2 is 1.92 bits per heavy atom. The second-order valence-corrected chi connectivity index (χ2v) is 6.88. The van der Waals surface area contributed by atoms with E-state index in [1.54, 1.807) is 19.1 Å². The van der Waals surface area contributed by atoms with Gasteiger partial charge in [-0.25, -0.2) is 4.79 Å². The number of likely N-dealkylation sites (N-methyl/N-ethyl adjacent to an activating group) is 1. The fourth-order valence-electron chi connectivity index (χ4n) is 3.61. The van der Waals surface area contributed by atoms with E-state index in [0.29, 0.717) is 0 Å². The van der Waals surface area contributed by atoms with Gasteiger partial charge in [0.2, 0.25) is 0 Å². The molecular weight excluding hydrogens is 318 g/mol. The minimum atomic E-state index is -0.183. The number of unbranched alkanes of at least 4 members (excludes halogenated alkanes) is 1. The lowest BCUT2D eigenvalue weighted by Gasteiger charge is -2.36. The summed E-state index contributed by atoms with van der Waals surface area (Å²) in [5, 5.41) is 0. The topological polar surface area (TPSA) is 45.2 Å². The van der Waals surface area contributed by atoms with Gasteiger partial charge in [-0.2, -0.15) is 0 Å². The minimum Gasteiger partial charge on any atom is -0.495 e. The second-order valence-electron chi connectivity index (χ2n) is 6.88. The van der Waals surface area contributed by atoms with Gasteiger partial charge in [-0.3, -0.25) is 4.90 Å². The van der Waals surface area contributed by atoms with Gasteiger partial charge in [-0.1, -0.05) is 12.1 Å². The van der Waals surface area contributed by atoms with Crippen LogP contribution in [0.2, 0.25) is 0 Å². The predicted molar refractivity (Wildman–Crippen MR) is 98.4 cm³/mol. The molecule has 25 heavy (non-hydrogen) atoms. The molecular formula is C19H29N3O3. The molecule has 0 saturated carbocycles. The van der Waals surface area contributed by atoms with Gasteiger partial charge in [-0.05, 0) is 37.9 Å². The lowest BCUT2D eigenvalue weighted by molar-refractivity contribution is 0.128. The van der Waals surface area contributed by atoms with Crippen LogP contribution in [0.15, 0.2) is 24.3 Å². The number of amides is 1. The predicted octanol–water partition coefficient (Wildman–Crippen LogP) is 2.44. The van der Waals surface area contributed by atoms with Crippen LogP contribution in [0.4, 0.5) is 10.5 Å². The van der Waals surface area contributed by atoms with Crippen molar-refractivity contribution in [2.75, 3.05) is 58.3 Å². The lowest BCUT2D eigenvalue weighted by atomic mass is 10.1. The van der Waals surface area contributed by atoms with Crippen molar-refractivity contribution < 1.29 is 14.3 Å². The third-order valence-corrected chi connectivity index (χ3v) is 5.11. The molecule has 1 atom stereocenters. The number of methoxy groups -OCH3 is 1. The quantitative estimate of drug-likeness (QED) is 0.709. The Morgan fingerprint density at radius 3 is 2.60 bits per heavy atom. The first-order valence-corrected chi connectivity index (χ1v) is 9.19. The molecule has 0 N–H and O–H groups in total. The smallest absolute Gasteiger partial charge is 0.409 e. The van der Waals surface area contributed by atoms with Crippen LogP contribution in [0.1, 0.15) is 19.3 Å². The number of hydrogen-bond donors (Lipinski definition) is 0. The molecule has 0 aliphatic carbocycles. The second kappa shape index (κ2) is 8.43. The molecule has 0 spiro atoms. The number of rotatable bonds is 7. The van der Waals surface area contributed by atoms with Crippen molar-refractivity contribution in [2.45, 2.75) is 25.4 Å². The molecule has 1 aromatic rings. The third-order valence-electron chi connectivity index (χ3n) is 5.11. The van der Waals surface area contributed by atoms with E-state index in [4.69, 9.17) is 9.47 Å². The largest absolute Gasteiger partial charge is 0.495 e. The van der Waals surface area contributed by atoms with Crippen LogP contribution in [0.3, 0.4) is 0 Å². The number of ether oxygens (including phenoxy) is 2. The Hall–Kier alpha value is -1.95. The molecule has 2 fully saturated rings. The summed E-state index contributed by atoms with van der Waals surface area (Å²) in [6.07, 6.45) is 3.14. The summed E-state index contributed by atoms with van der Waals surface area (Å²) in [5.74, 6) is 0.951. The maximum Gasteiger partial charge on any atom is 0.409 e. The zero-order chi connectivity index (χ0) is 17.6.